The van der Waals surface area contributed by atoms with Crippen LogP contribution in [0.2, 0.25) is 0 Å². The molecule has 1 fully saturated rings. The predicted octanol–water partition coefficient (Wildman–Crippen LogP) is 1.67. The first kappa shape index (κ1) is 18.6. The van der Waals surface area contributed by atoms with Gasteiger partial charge in [-0.05, 0) is 26.2 Å². The summed E-state index contributed by atoms with van der Waals surface area (Å²) >= 11 is 0. The molecule has 2 N–H and O–H groups in total. The van der Waals surface area contributed by atoms with Crippen LogP contribution in [0, 0.1) is 6.92 Å². The molecule has 0 bridgehead atoms. The number of carbonyl (C=O) groups excluding carboxylic acids is 3. The van der Waals surface area contributed by atoms with E-state index in [0.29, 0.717) is 30.0 Å². The van der Waals surface area contributed by atoms with Crippen LogP contribution in [0.5, 0.6) is 0 Å². The second-order valence-corrected chi connectivity index (χ2v) is 6.41. The van der Waals surface area contributed by atoms with E-state index < -0.39 is 30.4 Å². The average molecular weight is 371 g/mol. The maximum absolute atomic E-state index is 12.5. The van der Waals surface area contributed by atoms with Gasteiger partial charge in [-0.1, -0.05) is 35.5 Å². The summed E-state index contributed by atoms with van der Waals surface area (Å²) in [6, 6.07) is 8.42. The molecule has 0 unspecified atom stereocenters. The van der Waals surface area contributed by atoms with Crippen molar-refractivity contribution in [3.63, 3.8) is 0 Å². The fraction of sp³-hybridized carbons (Fsp3) is 0.368. The lowest BCUT2D eigenvalue weighted by Crippen LogP contribution is -2.51. The van der Waals surface area contributed by atoms with Crippen molar-refractivity contribution in [2.75, 3.05) is 13.2 Å². The van der Waals surface area contributed by atoms with Crippen molar-refractivity contribution in [2.45, 2.75) is 32.2 Å². The van der Waals surface area contributed by atoms with E-state index in [4.69, 9.17) is 15.0 Å². The van der Waals surface area contributed by atoms with E-state index in [1.54, 1.807) is 19.1 Å². The Bertz CT molecular complexity index is 846. The summed E-state index contributed by atoms with van der Waals surface area (Å²) in [7, 11) is 0. The van der Waals surface area contributed by atoms with Crippen LogP contribution in [0.4, 0.5) is 0 Å². The van der Waals surface area contributed by atoms with Gasteiger partial charge in [0.15, 0.2) is 6.61 Å². The lowest BCUT2D eigenvalue weighted by Gasteiger charge is -2.33. The quantitative estimate of drug-likeness (QED) is 0.799. The third-order valence-corrected chi connectivity index (χ3v) is 4.59. The average Bonchev–Trinajstić information content (AvgIpc) is 3.08. The molecule has 142 valence electrons. The van der Waals surface area contributed by atoms with Crippen molar-refractivity contribution in [3.05, 3.63) is 41.7 Å². The first-order chi connectivity index (χ1) is 13.0. The van der Waals surface area contributed by atoms with Crippen LogP contribution in [-0.4, -0.2) is 47.0 Å². The molecule has 0 radical (unpaired) electrons. The molecule has 1 saturated heterocycles. The minimum atomic E-state index is -0.700. The number of hydrogen-bond donors (Lipinski definition) is 1. The SMILES string of the molecule is Cc1onc(-c2ccccc2)c1C(=O)OCC(=O)N1CCCC[C@H]1C(N)=O. The van der Waals surface area contributed by atoms with Gasteiger partial charge in [0.1, 0.15) is 23.1 Å². The highest BCUT2D eigenvalue weighted by Gasteiger charge is 2.31. The Morgan fingerprint density at radius 1 is 1.26 bits per heavy atom. The fourth-order valence-corrected chi connectivity index (χ4v) is 3.21. The van der Waals surface area contributed by atoms with Crippen molar-refractivity contribution >= 4 is 17.8 Å². The number of ether oxygens (including phenoxy) is 1. The number of carbonyl (C=O) groups is 3. The summed E-state index contributed by atoms with van der Waals surface area (Å²) in [5.74, 6) is -1.38. The molecule has 2 heterocycles. The van der Waals surface area contributed by atoms with Crippen LogP contribution < -0.4 is 5.73 Å². The molecule has 8 heteroatoms. The zero-order valence-electron chi connectivity index (χ0n) is 15.0. The lowest BCUT2D eigenvalue weighted by atomic mass is 10.0. The number of piperidine rings is 1. The van der Waals surface area contributed by atoms with Crippen molar-refractivity contribution in [3.8, 4) is 11.3 Å². The number of nitrogens with zero attached hydrogens (tertiary/aromatic N) is 2. The number of primary amides is 1. The summed E-state index contributed by atoms with van der Waals surface area (Å²) in [5, 5.41) is 3.93. The van der Waals surface area contributed by atoms with Gasteiger partial charge < -0.3 is 19.9 Å². The topological polar surface area (TPSA) is 116 Å². The number of amides is 2. The zero-order chi connectivity index (χ0) is 19.4. The monoisotopic (exact) mass is 371 g/mol. The highest BCUT2D eigenvalue weighted by atomic mass is 16.5. The molecule has 2 aromatic rings. The number of benzene rings is 1. The van der Waals surface area contributed by atoms with E-state index in [1.165, 1.54) is 4.90 Å². The smallest absolute Gasteiger partial charge is 0.344 e. The molecule has 0 saturated carbocycles. The van der Waals surface area contributed by atoms with Gasteiger partial charge in [-0.25, -0.2) is 4.79 Å². The molecule has 2 amide bonds. The zero-order valence-corrected chi connectivity index (χ0v) is 15.0. The molecule has 1 aliphatic heterocycles. The Kier molecular flexibility index (Phi) is 5.54. The van der Waals surface area contributed by atoms with E-state index in [1.807, 2.05) is 18.2 Å². The minimum absolute atomic E-state index is 0.180. The van der Waals surface area contributed by atoms with Crippen LogP contribution in [0.1, 0.15) is 35.4 Å². The summed E-state index contributed by atoms with van der Waals surface area (Å²) < 4.78 is 10.3. The first-order valence-corrected chi connectivity index (χ1v) is 8.76. The number of aryl methyl sites for hydroxylation is 1. The highest BCUT2D eigenvalue weighted by molar-refractivity contribution is 5.98. The molecule has 3 rings (SSSR count). The largest absolute Gasteiger partial charge is 0.452 e. The molecule has 0 aliphatic carbocycles. The Balaban J connectivity index is 1.70. The van der Waals surface area contributed by atoms with Crippen LogP contribution in [-0.2, 0) is 14.3 Å². The van der Waals surface area contributed by atoms with E-state index in [-0.39, 0.29) is 5.56 Å². The third kappa shape index (κ3) is 3.99. The number of nitrogens with two attached hydrogens (primary N) is 1. The Morgan fingerprint density at radius 2 is 2.00 bits per heavy atom. The molecular formula is C19H21N3O5. The molecule has 1 atom stereocenters. The Hall–Kier alpha value is -3.16. The standard InChI is InChI=1S/C19H21N3O5/c1-12-16(17(21-27-12)13-7-3-2-4-8-13)19(25)26-11-15(23)22-10-6-5-9-14(22)18(20)24/h2-4,7-8,14H,5-6,9-11H2,1H3,(H2,20,24)/t14-/m0/s1. The number of likely N-dealkylation sites (tertiary alicyclic amines) is 1. The number of rotatable bonds is 5. The Labute approximate surface area is 156 Å². The molecule has 1 aromatic heterocycles. The van der Waals surface area contributed by atoms with Gasteiger partial charge in [-0.2, -0.15) is 0 Å². The van der Waals surface area contributed by atoms with Crippen molar-refractivity contribution in [2.24, 2.45) is 5.73 Å². The van der Waals surface area contributed by atoms with Gasteiger partial charge in [-0.15, -0.1) is 0 Å². The molecule has 8 nitrogen and oxygen atoms in total. The first-order valence-electron chi connectivity index (χ1n) is 8.76. The molecule has 1 aromatic carbocycles. The number of hydrogen-bond acceptors (Lipinski definition) is 6. The van der Waals surface area contributed by atoms with Gasteiger partial charge in [0, 0.05) is 12.1 Å². The summed E-state index contributed by atoms with van der Waals surface area (Å²) in [6.07, 6.45) is 2.14. The van der Waals surface area contributed by atoms with E-state index in [0.717, 1.165) is 12.8 Å². The van der Waals surface area contributed by atoms with Gasteiger partial charge in [0.2, 0.25) is 5.91 Å². The normalized spacial score (nSPS) is 16.8. The minimum Gasteiger partial charge on any atom is -0.452 e. The Morgan fingerprint density at radius 3 is 2.70 bits per heavy atom. The van der Waals surface area contributed by atoms with Crippen LogP contribution in [0.15, 0.2) is 34.9 Å². The van der Waals surface area contributed by atoms with Crippen molar-refractivity contribution in [1.29, 1.82) is 0 Å². The lowest BCUT2D eigenvalue weighted by molar-refractivity contribution is -0.143. The van der Waals surface area contributed by atoms with Gasteiger partial charge in [0.05, 0.1) is 0 Å². The summed E-state index contributed by atoms with van der Waals surface area (Å²) in [4.78, 5) is 37.9. The van der Waals surface area contributed by atoms with Crippen LogP contribution in [0.3, 0.4) is 0 Å². The predicted molar refractivity (Wildman–Crippen MR) is 95.5 cm³/mol. The molecule has 0 spiro atoms. The maximum Gasteiger partial charge on any atom is 0.344 e. The molecular weight excluding hydrogens is 350 g/mol. The van der Waals surface area contributed by atoms with E-state index >= 15 is 0 Å². The molecule has 1 aliphatic rings. The van der Waals surface area contributed by atoms with Gasteiger partial charge in [0.25, 0.3) is 5.91 Å². The third-order valence-electron chi connectivity index (χ3n) is 4.59. The van der Waals surface area contributed by atoms with Crippen molar-refractivity contribution in [1.82, 2.24) is 10.1 Å². The number of aromatic nitrogens is 1. The van der Waals surface area contributed by atoms with E-state index in [2.05, 4.69) is 5.16 Å². The van der Waals surface area contributed by atoms with Gasteiger partial charge >= 0.3 is 5.97 Å². The molecule has 27 heavy (non-hydrogen) atoms. The second-order valence-electron chi connectivity index (χ2n) is 6.41. The second kappa shape index (κ2) is 8.03. The van der Waals surface area contributed by atoms with E-state index in [9.17, 15) is 14.4 Å². The van der Waals surface area contributed by atoms with Crippen molar-refractivity contribution < 1.29 is 23.6 Å². The summed E-state index contributed by atoms with van der Waals surface area (Å²) in [6.45, 7) is 1.55. The van der Waals surface area contributed by atoms with Gasteiger partial charge in [-0.3, -0.25) is 9.59 Å². The van der Waals surface area contributed by atoms with Crippen LogP contribution >= 0.6 is 0 Å². The highest BCUT2D eigenvalue weighted by Crippen LogP contribution is 2.26. The maximum atomic E-state index is 12.5. The summed E-state index contributed by atoms with van der Waals surface area (Å²) in [5.41, 5.74) is 6.62. The number of esters is 1. The fourth-order valence-electron chi connectivity index (χ4n) is 3.21. The van der Waals surface area contributed by atoms with Crippen LogP contribution in [0.25, 0.3) is 11.3 Å².